The standard InChI is InChI=1S/C16H24F2N2/c1-12(14-3-4-15(17)16(18)11-14)20-9-6-13(7-10-20)5-8-19-2/h3-4,11-13,19H,5-10H2,1-2H3. The molecule has 112 valence electrons. The van der Waals surface area contributed by atoms with Gasteiger partial charge in [-0.15, -0.1) is 0 Å². The van der Waals surface area contributed by atoms with Crippen LogP contribution in [-0.4, -0.2) is 31.6 Å². The van der Waals surface area contributed by atoms with Crippen LogP contribution in [0.2, 0.25) is 0 Å². The third-order valence-electron chi connectivity index (χ3n) is 4.43. The normalized spacial score (nSPS) is 19.2. The number of nitrogens with one attached hydrogen (secondary N) is 1. The number of halogens is 2. The molecular formula is C16H24F2N2. The maximum atomic E-state index is 13.3. The Balaban J connectivity index is 1.91. The molecule has 1 aliphatic heterocycles. The summed E-state index contributed by atoms with van der Waals surface area (Å²) in [7, 11) is 1.99. The Morgan fingerprint density at radius 3 is 2.55 bits per heavy atom. The first-order valence-electron chi connectivity index (χ1n) is 7.45. The van der Waals surface area contributed by atoms with Crippen molar-refractivity contribution in [2.24, 2.45) is 5.92 Å². The molecule has 1 N–H and O–H groups in total. The summed E-state index contributed by atoms with van der Waals surface area (Å²) in [4.78, 5) is 2.36. The molecular weight excluding hydrogens is 258 g/mol. The Hall–Kier alpha value is -1.00. The quantitative estimate of drug-likeness (QED) is 0.891. The summed E-state index contributed by atoms with van der Waals surface area (Å²) >= 11 is 0. The molecule has 1 unspecified atom stereocenters. The fraction of sp³-hybridized carbons (Fsp3) is 0.625. The van der Waals surface area contributed by atoms with Gasteiger partial charge in [0.25, 0.3) is 0 Å². The fourth-order valence-electron chi connectivity index (χ4n) is 2.96. The van der Waals surface area contributed by atoms with E-state index < -0.39 is 11.6 Å². The van der Waals surface area contributed by atoms with Gasteiger partial charge in [-0.05, 0) is 76.5 Å². The molecule has 0 bridgehead atoms. The zero-order valence-electron chi connectivity index (χ0n) is 12.3. The molecule has 1 atom stereocenters. The van der Waals surface area contributed by atoms with Crippen LogP contribution in [0, 0.1) is 17.6 Å². The fourth-order valence-corrected chi connectivity index (χ4v) is 2.96. The minimum Gasteiger partial charge on any atom is -0.320 e. The lowest BCUT2D eigenvalue weighted by molar-refractivity contribution is 0.137. The molecule has 0 amide bonds. The van der Waals surface area contributed by atoms with E-state index in [1.54, 1.807) is 6.07 Å². The highest BCUT2D eigenvalue weighted by atomic mass is 19.2. The predicted octanol–water partition coefficient (Wildman–Crippen LogP) is 3.35. The van der Waals surface area contributed by atoms with Gasteiger partial charge in [0.1, 0.15) is 0 Å². The van der Waals surface area contributed by atoms with Crippen LogP contribution >= 0.6 is 0 Å². The number of hydrogen-bond acceptors (Lipinski definition) is 2. The van der Waals surface area contributed by atoms with Crippen molar-refractivity contribution in [1.82, 2.24) is 10.2 Å². The van der Waals surface area contributed by atoms with Gasteiger partial charge in [0.05, 0.1) is 0 Å². The molecule has 20 heavy (non-hydrogen) atoms. The summed E-state index contributed by atoms with van der Waals surface area (Å²) in [5.74, 6) is -0.735. The maximum Gasteiger partial charge on any atom is 0.159 e. The van der Waals surface area contributed by atoms with Crippen molar-refractivity contribution in [1.29, 1.82) is 0 Å². The van der Waals surface area contributed by atoms with Gasteiger partial charge in [-0.2, -0.15) is 0 Å². The van der Waals surface area contributed by atoms with E-state index in [0.29, 0.717) is 0 Å². The van der Waals surface area contributed by atoms with E-state index in [4.69, 9.17) is 0 Å². The molecule has 0 radical (unpaired) electrons. The SMILES string of the molecule is CNCCC1CCN(C(C)c2ccc(F)c(F)c2)CC1. The van der Waals surface area contributed by atoms with Crippen LogP contribution in [0.15, 0.2) is 18.2 Å². The lowest BCUT2D eigenvalue weighted by atomic mass is 9.92. The first kappa shape index (κ1) is 15.4. The number of rotatable bonds is 5. The summed E-state index contributed by atoms with van der Waals surface area (Å²) in [6.45, 7) is 5.22. The van der Waals surface area contributed by atoms with Gasteiger partial charge in [-0.3, -0.25) is 4.90 Å². The average molecular weight is 282 g/mol. The Morgan fingerprint density at radius 2 is 1.95 bits per heavy atom. The molecule has 1 fully saturated rings. The topological polar surface area (TPSA) is 15.3 Å². The van der Waals surface area contributed by atoms with Gasteiger partial charge in [0.15, 0.2) is 11.6 Å². The van der Waals surface area contributed by atoms with Gasteiger partial charge in [0.2, 0.25) is 0 Å². The van der Waals surface area contributed by atoms with Crippen LogP contribution in [0.25, 0.3) is 0 Å². The average Bonchev–Trinajstić information content (AvgIpc) is 2.48. The molecule has 4 heteroatoms. The van der Waals surface area contributed by atoms with Crippen LogP contribution in [0.5, 0.6) is 0 Å². The monoisotopic (exact) mass is 282 g/mol. The van der Waals surface area contributed by atoms with Crippen molar-refractivity contribution in [3.8, 4) is 0 Å². The van der Waals surface area contributed by atoms with Gasteiger partial charge >= 0.3 is 0 Å². The molecule has 0 spiro atoms. The van der Waals surface area contributed by atoms with Crippen molar-refractivity contribution < 1.29 is 8.78 Å². The second-order valence-corrected chi connectivity index (χ2v) is 5.72. The molecule has 0 saturated carbocycles. The highest BCUT2D eigenvalue weighted by Gasteiger charge is 2.23. The predicted molar refractivity (Wildman–Crippen MR) is 77.6 cm³/mol. The lowest BCUT2D eigenvalue weighted by Crippen LogP contribution is -2.36. The third-order valence-corrected chi connectivity index (χ3v) is 4.43. The van der Waals surface area contributed by atoms with Crippen molar-refractivity contribution >= 4 is 0 Å². The van der Waals surface area contributed by atoms with Crippen LogP contribution in [0.1, 0.15) is 37.8 Å². The molecule has 2 nitrogen and oxygen atoms in total. The Morgan fingerprint density at radius 1 is 1.25 bits per heavy atom. The zero-order chi connectivity index (χ0) is 14.5. The number of hydrogen-bond donors (Lipinski definition) is 1. The molecule has 2 rings (SSSR count). The van der Waals surface area contributed by atoms with E-state index in [2.05, 4.69) is 17.1 Å². The minimum atomic E-state index is -0.772. The van der Waals surface area contributed by atoms with E-state index in [0.717, 1.165) is 31.1 Å². The lowest BCUT2D eigenvalue weighted by Gasteiger charge is -2.36. The second kappa shape index (κ2) is 7.14. The summed E-state index contributed by atoms with van der Waals surface area (Å²) in [5, 5.41) is 3.20. The van der Waals surface area contributed by atoms with E-state index in [1.165, 1.54) is 31.4 Å². The van der Waals surface area contributed by atoms with Crippen LogP contribution < -0.4 is 5.32 Å². The van der Waals surface area contributed by atoms with E-state index in [9.17, 15) is 8.78 Å². The Kier molecular flexibility index (Phi) is 5.49. The van der Waals surface area contributed by atoms with Crippen molar-refractivity contribution in [3.63, 3.8) is 0 Å². The summed E-state index contributed by atoms with van der Waals surface area (Å²) < 4.78 is 26.3. The van der Waals surface area contributed by atoms with Crippen LogP contribution in [0.3, 0.4) is 0 Å². The third kappa shape index (κ3) is 3.76. The molecule has 1 aromatic rings. The number of likely N-dealkylation sites (tertiary alicyclic amines) is 1. The summed E-state index contributed by atoms with van der Waals surface area (Å²) in [6, 6.07) is 4.39. The van der Waals surface area contributed by atoms with Crippen LogP contribution in [0.4, 0.5) is 8.78 Å². The van der Waals surface area contributed by atoms with Crippen molar-refractivity contribution in [3.05, 3.63) is 35.4 Å². The number of benzene rings is 1. The summed E-state index contributed by atoms with van der Waals surface area (Å²) in [5.41, 5.74) is 0.859. The van der Waals surface area contributed by atoms with Gasteiger partial charge in [-0.25, -0.2) is 8.78 Å². The van der Waals surface area contributed by atoms with Gasteiger partial charge in [-0.1, -0.05) is 6.07 Å². The second-order valence-electron chi connectivity index (χ2n) is 5.72. The summed E-state index contributed by atoms with van der Waals surface area (Å²) in [6.07, 6.45) is 3.61. The van der Waals surface area contributed by atoms with Gasteiger partial charge < -0.3 is 5.32 Å². The number of piperidine rings is 1. The highest BCUT2D eigenvalue weighted by molar-refractivity contribution is 5.21. The maximum absolute atomic E-state index is 13.3. The van der Waals surface area contributed by atoms with Crippen LogP contribution in [-0.2, 0) is 0 Å². The Bertz CT molecular complexity index is 428. The Labute approximate surface area is 120 Å². The first-order valence-corrected chi connectivity index (χ1v) is 7.45. The zero-order valence-corrected chi connectivity index (χ0v) is 12.3. The minimum absolute atomic E-state index is 0.148. The highest BCUT2D eigenvalue weighted by Crippen LogP contribution is 2.28. The molecule has 1 saturated heterocycles. The van der Waals surface area contributed by atoms with Gasteiger partial charge in [0, 0.05) is 6.04 Å². The van der Waals surface area contributed by atoms with E-state index in [1.807, 2.05) is 7.05 Å². The van der Waals surface area contributed by atoms with Crippen molar-refractivity contribution in [2.45, 2.75) is 32.2 Å². The first-order chi connectivity index (χ1) is 9.61. The molecule has 1 aliphatic rings. The molecule has 1 heterocycles. The smallest absolute Gasteiger partial charge is 0.159 e. The molecule has 0 aromatic heterocycles. The largest absolute Gasteiger partial charge is 0.320 e. The van der Waals surface area contributed by atoms with Crippen molar-refractivity contribution in [2.75, 3.05) is 26.7 Å². The number of nitrogens with zero attached hydrogens (tertiary/aromatic N) is 1. The molecule has 1 aromatic carbocycles. The van der Waals surface area contributed by atoms with E-state index >= 15 is 0 Å². The van der Waals surface area contributed by atoms with E-state index in [-0.39, 0.29) is 6.04 Å². The molecule has 0 aliphatic carbocycles.